The molecule has 0 N–H and O–H groups in total. The summed E-state index contributed by atoms with van der Waals surface area (Å²) in [6.07, 6.45) is 0. The van der Waals surface area contributed by atoms with Crippen molar-refractivity contribution in [3.05, 3.63) is 44.9 Å². The van der Waals surface area contributed by atoms with Gasteiger partial charge < -0.3 is 4.74 Å². The van der Waals surface area contributed by atoms with E-state index >= 15 is 0 Å². The third-order valence-corrected chi connectivity index (χ3v) is 4.08. The largest absolute Gasteiger partial charge is 0.383 e. The van der Waals surface area contributed by atoms with Crippen molar-refractivity contribution in [2.24, 2.45) is 0 Å². The van der Waals surface area contributed by atoms with Crippen LogP contribution in [0.5, 0.6) is 0 Å². The zero-order valence-corrected chi connectivity index (χ0v) is 13.2. The van der Waals surface area contributed by atoms with Crippen molar-refractivity contribution in [1.29, 1.82) is 0 Å². The van der Waals surface area contributed by atoms with E-state index in [9.17, 15) is 0 Å². The molecule has 1 aromatic carbocycles. The first-order valence-electron chi connectivity index (χ1n) is 6.42. The fourth-order valence-corrected chi connectivity index (χ4v) is 2.84. The van der Waals surface area contributed by atoms with Gasteiger partial charge in [-0.3, -0.25) is 4.90 Å². The molecule has 0 radical (unpaired) electrons. The zero-order chi connectivity index (χ0) is 14.4. The average Bonchev–Trinajstić information content (AvgIpc) is 2.84. The van der Waals surface area contributed by atoms with Gasteiger partial charge in [0, 0.05) is 25.2 Å². The van der Waals surface area contributed by atoms with Crippen LogP contribution in [0.1, 0.15) is 15.6 Å². The lowest BCUT2D eigenvalue weighted by Gasteiger charge is -2.21. The summed E-state index contributed by atoms with van der Waals surface area (Å²) >= 11 is 7.85. The minimum Gasteiger partial charge on any atom is -0.383 e. The molecule has 6 heteroatoms. The van der Waals surface area contributed by atoms with Gasteiger partial charge in [-0.1, -0.05) is 29.8 Å². The number of benzene rings is 1. The Morgan fingerprint density at radius 3 is 2.70 bits per heavy atom. The number of rotatable bonds is 7. The van der Waals surface area contributed by atoms with E-state index in [4.69, 9.17) is 16.3 Å². The van der Waals surface area contributed by atoms with Gasteiger partial charge in [-0.2, -0.15) is 0 Å². The van der Waals surface area contributed by atoms with Gasteiger partial charge in [0.1, 0.15) is 10.0 Å². The molecular weight excluding hydrogens is 294 g/mol. The Morgan fingerprint density at radius 2 is 2.05 bits per heavy atom. The second-order valence-corrected chi connectivity index (χ2v) is 6.18. The van der Waals surface area contributed by atoms with Crippen LogP contribution >= 0.6 is 22.9 Å². The minimum atomic E-state index is 0.683. The molecule has 0 aliphatic rings. The van der Waals surface area contributed by atoms with E-state index in [1.807, 2.05) is 31.2 Å². The highest BCUT2D eigenvalue weighted by Crippen LogP contribution is 2.19. The summed E-state index contributed by atoms with van der Waals surface area (Å²) in [6, 6.07) is 7.91. The summed E-state index contributed by atoms with van der Waals surface area (Å²) in [5.41, 5.74) is 1.12. The van der Waals surface area contributed by atoms with Gasteiger partial charge >= 0.3 is 0 Å². The number of halogens is 1. The van der Waals surface area contributed by atoms with Gasteiger partial charge in [0.05, 0.1) is 13.2 Å². The molecule has 0 amide bonds. The normalized spacial score (nSPS) is 11.2. The van der Waals surface area contributed by atoms with Crippen molar-refractivity contribution < 1.29 is 4.74 Å². The van der Waals surface area contributed by atoms with Crippen LogP contribution in [0.4, 0.5) is 0 Å². The van der Waals surface area contributed by atoms with Gasteiger partial charge in [-0.05, 0) is 18.6 Å². The maximum atomic E-state index is 6.23. The molecule has 0 fully saturated rings. The summed E-state index contributed by atoms with van der Waals surface area (Å²) < 4.78 is 5.18. The van der Waals surface area contributed by atoms with Crippen molar-refractivity contribution in [1.82, 2.24) is 15.1 Å². The molecule has 20 heavy (non-hydrogen) atoms. The van der Waals surface area contributed by atoms with Gasteiger partial charge in [0.25, 0.3) is 0 Å². The molecule has 0 saturated heterocycles. The molecule has 0 bridgehead atoms. The van der Waals surface area contributed by atoms with E-state index in [2.05, 4.69) is 15.1 Å². The first-order valence-corrected chi connectivity index (χ1v) is 7.62. The molecular formula is C14H18ClN3OS. The number of aromatic nitrogens is 2. The van der Waals surface area contributed by atoms with E-state index in [1.165, 1.54) is 0 Å². The molecule has 0 spiro atoms. The van der Waals surface area contributed by atoms with E-state index in [0.717, 1.165) is 40.2 Å². The summed E-state index contributed by atoms with van der Waals surface area (Å²) in [4.78, 5) is 2.27. The van der Waals surface area contributed by atoms with Crippen LogP contribution in [-0.2, 0) is 17.8 Å². The SMILES string of the molecule is COCCN(Cc1nnc(C)s1)Cc1ccccc1Cl. The van der Waals surface area contributed by atoms with Gasteiger partial charge in [0.15, 0.2) is 0 Å². The fraction of sp³-hybridized carbons (Fsp3) is 0.429. The lowest BCUT2D eigenvalue weighted by molar-refractivity contribution is 0.140. The van der Waals surface area contributed by atoms with Crippen molar-refractivity contribution >= 4 is 22.9 Å². The summed E-state index contributed by atoms with van der Waals surface area (Å²) in [6.45, 7) is 5.03. The Hall–Kier alpha value is -1.01. The van der Waals surface area contributed by atoms with Gasteiger partial charge in [-0.15, -0.1) is 21.5 Å². The average molecular weight is 312 g/mol. The zero-order valence-electron chi connectivity index (χ0n) is 11.7. The predicted octanol–water partition coefficient (Wildman–Crippen LogP) is 3.15. The van der Waals surface area contributed by atoms with Crippen LogP contribution < -0.4 is 0 Å². The highest BCUT2D eigenvalue weighted by molar-refractivity contribution is 7.11. The Kier molecular flexibility index (Phi) is 5.91. The lowest BCUT2D eigenvalue weighted by atomic mass is 10.2. The monoisotopic (exact) mass is 311 g/mol. The molecule has 0 saturated carbocycles. The lowest BCUT2D eigenvalue weighted by Crippen LogP contribution is -2.26. The van der Waals surface area contributed by atoms with Gasteiger partial charge in [-0.25, -0.2) is 0 Å². The molecule has 4 nitrogen and oxygen atoms in total. The highest BCUT2D eigenvalue weighted by atomic mass is 35.5. The number of ether oxygens (including phenoxy) is 1. The quantitative estimate of drug-likeness (QED) is 0.787. The van der Waals surface area contributed by atoms with E-state index in [-0.39, 0.29) is 0 Å². The second-order valence-electron chi connectivity index (χ2n) is 4.51. The molecule has 0 aliphatic carbocycles. The molecule has 2 aromatic rings. The molecule has 0 atom stereocenters. The number of hydrogen-bond acceptors (Lipinski definition) is 5. The van der Waals surface area contributed by atoms with E-state index in [1.54, 1.807) is 18.4 Å². The maximum Gasteiger partial charge on any atom is 0.131 e. The van der Waals surface area contributed by atoms with Crippen LogP contribution in [0.15, 0.2) is 24.3 Å². The number of aryl methyl sites for hydroxylation is 1. The van der Waals surface area contributed by atoms with Crippen LogP contribution in [-0.4, -0.2) is 35.4 Å². The molecule has 0 unspecified atom stereocenters. The third-order valence-electron chi connectivity index (χ3n) is 2.89. The smallest absolute Gasteiger partial charge is 0.131 e. The van der Waals surface area contributed by atoms with Crippen LogP contribution in [0, 0.1) is 6.92 Å². The van der Waals surface area contributed by atoms with Crippen molar-refractivity contribution in [3.8, 4) is 0 Å². The van der Waals surface area contributed by atoms with E-state index in [0.29, 0.717) is 6.61 Å². The molecule has 1 aromatic heterocycles. The van der Waals surface area contributed by atoms with Crippen LogP contribution in [0.3, 0.4) is 0 Å². The Balaban J connectivity index is 2.05. The van der Waals surface area contributed by atoms with Crippen molar-refractivity contribution in [3.63, 3.8) is 0 Å². The van der Waals surface area contributed by atoms with Crippen LogP contribution in [0.25, 0.3) is 0 Å². The first kappa shape index (κ1) is 15.4. The summed E-state index contributed by atoms with van der Waals surface area (Å²) in [5, 5.41) is 11.0. The summed E-state index contributed by atoms with van der Waals surface area (Å²) in [5.74, 6) is 0. The molecule has 1 heterocycles. The third kappa shape index (κ3) is 4.52. The number of methoxy groups -OCH3 is 1. The van der Waals surface area contributed by atoms with Crippen molar-refractivity contribution in [2.75, 3.05) is 20.3 Å². The topological polar surface area (TPSA) is 38.2 Å². The molecule has 2 rings (SSSR count). The molecule has 108 valence electrons. The number of hydrogen-bond donors (Lipinski definition) is 0. The maximum absolute atomic E-state index is 6.23. The van der Waals surface area contributed by atoms with E-state index < -0.39 is 0 Å². The predicted molar refractivity (Wildman–Crippen MR) is 82.1 cm³/mol. The standard InChI is InChI=1S/C14H18ClN3OS/c1-11-16-17-14(20-11)10-18(7-8-19-2)9-12-5-3-4-6-13(12)15/h3-6H,7-10H2,1-2H3. The second kappa shape index (κ2) is 7.69. The first-order chi connectivity index (χ1) is 9.69. The van der Waals surface area contributed by atoms with Crippen LogP contribution in [0.2, 0.25) is 5.02 Å². The Morgan fingerprint density at radius 1 is 1.25 bits per heavy atom. The molecule has 0 aliphatic heterocycles. The number of nitrogens with zero attached hydrogens (tertiary/aromatic N) is 3. The Labute approximate surface area is 128 Å². The minimum absolute atomic E-state index is 0.683. The van der Waals surface area contributed by atoms with Crippen molar-refractivity contribution in [2.45, 2.75) is 20.0 Å². The fourth-order valence-electron chi connectivity index (χ4n) is 1.89. The Bertz CT molecular complexity index is 547. The van der Waals surface area contributed by atoms with Gasteiger partial charge in [0.2, 0.25) is 0 Å². The highest BCUT2D eigenvalue weighted by Gasteiger charge is 2.11. The summed E-state index contributed by atoms with van der Waals surface area (Å²) in [7, 11) is 1.71.